The Hall–Kier alpha value is -2.89. The number of anilines is 1. The smallest absolute Gasteiger partial charge is 0.295 e. The van der Waals surface area contributed by atoms with Crippen LogP contribution in [0.1, 0.15) is 27.7 Å². The molecule has 0 fully saturated rings. The van der Waals surface area contributed by atoms with Gasteiger partial charge in [-0.3, -0.25) is 14.5 Å². The Morgan fingerprint density at radius 3 is 2.52 bits per heavy atom. The lowest BCUT2D eigenvalue weighted by molar-refractivity contribution is 0.0971. The molecule has 0 spiro atoms. The molecule has 0 aliphatic carbocycles. The zero-order chi connectivity index (χ0) is 20.1. The topological polar surface area (TPSA) is 50.5 Å². The number of carbonyl (C=O) groups is 1. The highest BCUT2D eigenvalue weighted by atomic mass is 79.9. The molecule has 1 aromatic heterocycles. The third-order valence-electron chi connectivity index (χ3n) is 5.03. The average Bonchev–Trinajstić information content (AvgIpc) is 3.01. The van der Waals surface area contributed by atoms with Gasteiger partial charge in [0.25, 0.3) is 5.91 Å². The summed E-state index contributed by atoms with van der Waals surface area (Å²) >= 11 is 9.69. The number of carbonyl (C=O) groups excluding carboxylic acids is 1. The standard InChI is InChI=1S/C23H13BrClNO3/c24-14-6-4-8-16(12-14)26-20(13-5-3-7-15(25)11-13)19-21(27)17-9-1-2-10-18(17)29-22(19)23(26)28/h1-12,20H. The van der Waals surface area contributed by atoms with Gasteiger partial charge in [0.1, 0.15) is 5.58 Å². The summed E-state index contributed by atoms with van der Waals surface area (Å²) in [4.78, 5) is 28.4. The van der Waals surface area contributed by atoms with E-state index in [0.29, 0.717) is 27.2 Å². The van der Waals surface area contributed by atoms with E-state index < -0.39 is 6.04 Å². The van der Waals surface area contributed by atoms with Crippen LogP contribution in [0.15, 0.2) is 86.5 Å². The Labute approximate surface area is 179 Å². The van der Waals surface area contributed by atoms with E-state index in [4.69, 9.17) is 16.0 Å². The normalized spacial score (nSPS) is 15.7. The monoisotopic (exact) mass is 465 g/mol. The maximum absolute atomic E-state index is 13.4. The Morgan fingerprint density at radius 1 is 0.931 bits per heavy atom. The Kier molecular flexibility index (Phi) is 4.30. The lowest BCUT2D eigenvalue weighted by Crippen LogP contribution is -2.29. The van der Waals surface area contributed by atoms with Crippen molar-refractivity contribution in [2.24, 2.45) is 0 Å². The molecule has 1 aliphatic heterocycles. The van der Waals surface area contributed by atoms with Crippen molar-refractivity contribution in [1.29, 1.82) is 0 Å². The van der Waals surface area contributed by atoms with Gasteiger partial charge >= 0.3 is 0 Å². The van der Waals surface area contributed by atoms with Crippen molar-refractivity contribution in [1.82, 2.24) is 0 Å². The van der Waals surface area contributed by atoms with E-state index in [-0.39, 0.29) is 17.1 Å². The fraction of sp³-hybridized carbons (Fsp3) is 0.0435. The second-order valence-electron chi connectivity index (χ2n) is 6.78. The lowest BCUT2D eigenvalue weighted by atomic mass is 9.98. The van der Waals surface area contributed by atoms with Crippen LogP contribution in [0.25, 0.3) is 11.0 Å². The summed E-state index contributed by atoms with van der Waals surface area (Å²) in [7, 11) is 0. The van der Waals surface area contributed by atoms with E-state index in [0.717, 1.165) is 10.0 Å². The minimum absolute atomic E-state index is 0.0682. The summed E-state index contributed by atoms with van der Waals surface area (Å²) in [6, 6.07) is 20.9. The number of halogens is 2. The second kappa shape index (κ2) is 6.87. The molecular weight excluding hydrogens is 454 g/mol. The lowest BCUT2D eigenvalue weighted by Gasteiger charge is -2.25. The fourth-order valence-corrected chi connectivity index (χ4v) is 4.39. The van der Waals surface area contributed by atoms with Crippen LogP contribution in [0, 0.1) is 0 Å². The fourth-order valence-electron chi connectivity index (χ4n) is 3.80. The van der Waals surface area contributed by atoms with Gasteiger partial charge in [-0.05, 0) is 48.0 Å². The van der Waals surface area contributed by atoms with Crippen LogP contribution < -0.4 is 10.3 Å². The van der Waals surface area contributed by atoms with Gasteiger partial charge < -0.3 is 4.42 Å². The maximum Gasteiger partial charge on any atom is 0.295 e. The predicted molar refractivity (Wildman–Crippen MR) is 117 cm³/mol. The molecule has 29 heavy (non-hydrogen) atoms. The molecule has 3 aromatic carbocycles. The van der Waals surface area contributed by atoms with Crippen LogP contribution in [0.5, 0.6) is 0 Å². The van der Waals surface area contributed by atoms with E-state index in [1.807, 2.05) is 36.4 Å². The summed E-state index contributed by atoms with van der Waals surface area (Å²) in [5.74, 6) is -0.287. The molecule has 0 N–H and O–H groups in total. The minimum Gasteiger partial charge on any atom is -0.450 e. The largest absolute Gasteiger partial charge is 0.450 e. The van der Waals surface area contributed by atoms with Crippen LogP contribution >= 0.6 is 27.5 Å². The highest BCUT2D eigenvalue weighted by Crippen LogP contribution is 2.42. The molecule has 5 rings (SSSR count). The molecule has 4 nitrogen and oxygen atoms in total. The van der Waals surface area contributed by atoms with Gasteiger partial charge in [-0.2, -0.15) is 0 Å². The van der Waals surface area contributed by atoms with E-state index in [2.05, 4.69) is 15.9 Å². The number of benzene rings is 3. The van der Waals surface area contributed by atoms with Gasteiger partial charge in [-0.1, -0.05) is 57.9 Å². The quantitative estimate of drug-likeness (QED) is 0.366. The van der Waals surface area contributed by atoms with Gasteiger partial charge in [0, 0.05) is 15.2 Å². The number of fused-ring (bicyclic) bond motifs is 2. The van der Waals surface area contributed by atoms with Crippen molar-refractivity contribution in [3.63, 3.8) is 0 Å². The summed E-state index contributed by atoms with van der Waals surface area (Å²) in [6.07, 6.45) is 0. The first-order chi connectivity index (χ1) is 14.0. The first kappa shape index (κ1) is 18.2. The average molecular weight is 467 g/mol. The Morgan fingerprint density at radius 2 is 1.72 bits per heavy atom. The van der Waals surface area contributed by atoms with Gasteiger partial charge in [0.15, 0.2) is 5.43 Å². The molecule has 1 unspecified atom stereocenters. The summed E-state index contributed by atoms with van der Waals surface area (Å²) < 4.78 is 6.75. The molecule has 1 atom stereocenters. The molecule has 142 valence electrons. The molecule has 4 aromatic rings. The van der Waals surface area contributed by atoms with Crippen molar-refractivity contribution >= 4 is 50.1 Å². The van der Waals surface area contributed by atoms with E-state index in [1.165, 1.54) is 0 Å². The molecule has 0 bridgehead atoms. The highest BCUT2D eigenvalue weighted by Gasteiger charge is 2.43. The highest BCUT2D eigenvalue weighted by molar-refractivity contribution is 9.10. The Bertz CT molecular complexity index is 1350. The van der Waals surface area contributed by atoms with Gasteiger partial charge in [0.2, 0.25) is 5.76 Å². The SMILES string of the molecule is O=C1c2oc3ccccc3c(=O)c2C(c2cccc(Cl)c2)N1c1cccc(Br)c1. The van der Waals surface area contributed by atoms with E-state index in [1.54, 1.807) is 41.3 Å². The van der Waals surface area contributed by atoms with Crippen LogP contribution in [-0.4, -0.2) is 5.91 Å². The van der Waals surface area contributed by atoms with Gasteiger partial charge in [-0.25, -0.2) is 0 Å². The van der Waals surface area contributed by atoms with Crippen molar-refractivity contribution in [2.45, 2.75) is 6.04 Å². The van der Waals surface area contributed by atoms with Crippen molar-refractivity contribution in [3.8, 4) is 0 Å². The van der Waals surface area contributed by atoms with Gasteiger partial charge in [-0.15, -0.1) is 0 Å². The number of hydrogen-bond donors (Lipinski definition) is 0. The zero-order valence-electron chi connectivity index (χ0n) is 14.9. The van der Waals surface area contributed by atoms with E-state index in [9.17, 15) is 9.59 Å². The predicted octanol–water partition coefficient (Wildman–Crippen LogP) is 5.96. The van der Waals surface area contributed by atoms with E-state index >= 15 is 0 Å². The minimum atomic E-state index is -0.633. The molecule has 1 aliphatic rings. The maximum atomic E-state index is 13.4. The number of hydrogen-bond acceptors (Lipinski definition) is 3. The molecule has 2 heterocycles. The van der Waals surface area contributed by atoms with Crippen LogP contribution in [-0.2, 0) is 0 Å². The summed E-state index contributed by atoms with van der Waals surface area (Å²) in [5, 5.41) is 0.977. The van der Waals surface area contributed by atoms with Crippen molar-refractivity contribution < 1.29 is 9.21 Å². The van der Waals surface area contributed by atoms with Crippen molar-refractivity contribution in [3.05, 3.63) is 109 Å². The first-order valence-electron chi connectivity index (χ1n) is 8.95. The summed E-state index contributed by atoms with van der Waals surface area (Å²) in [6.45, 7) is 0. The zero-order valence-corrected chi connectivity index (χ0v) is 17.3. The number of nitrogens with zero attached hydrogens (tertiary/aromatic N) is 1. The van der Waals surface area contributed by atoms with Crippen LogP contribution in [0.3, 0.4) is 0 Å². The third kappa shape index (κ3) is 2.89. The number of para-hydroxylation sites is 1. The van der Waals surface area contributed by atoms with Crippen LogP contribution in [0.4, 0.5) is 5.69 Å². The number of rotatable bonds is 2. The third-order valence-corrected chi connectivity index (χ3v) is 5.76. The molecule has 0 radical (unpaired) electrons. The second-order valence-corrected chi connectivity index (χ2v) is 8.13. The number of amides is 1. The molecule has 1 amide bonds. The Balaban J connectivity index is 1.84. The van der Waals surface area contributed by atoms with Gasteiger partial charge in [0.05, 0.1) is 17.0 Å². The molecule has 0 saturated carbocycles. The molecular formula is C23H13BrClNO3. The van der Waals surface area contributed by atoms with Crippen molar-refractivity contribution in [2.75, 3.05) is 4.90 Å². The summed E-state index contributed by atoms with van der Waals surface area (Å²) in [5.41, 5.74) is 1.91. The first-order valence-corrected chi connectivity index (χ1v) is 10.1. The van der Waals surface area contributed by atoms with Crippen LogP contribution in [0.2, 0.25) is 5.02 Å². The molecule has 0 saturated heterocycles. The molecule has 6 heteroatoms.